The molecular formula is C24H44. The first-order valence-electron chi connectivity index (χ1n) is 11.0. The Kier molecular flexibility index (Phi) is 22.1. The molecule has 0 nitrogen and oxygen atoms in total. The lowest BCUT2D eigenvalue weighted by atomic mass is 10.0. The van der Waals surface area contributed by atoms with Crippen LogP contribution >= 0.6 is 0 Å². The topological polar surface area (TPSA) is 0 Å². The third-order valence-electron chi connectivity index (χ3n) is 4.73. The maximum atomic E-state index is 3.90. The summed E-state index contributed by atoms with van der Waals surface area (Å²) in [4.78, 5) is 0. The van der Waals surface area contributed by atoms with Crippen molar-refractivity contribution in [3.8, 4) is 11.8 Å². The summed E-state index contributed by atoms with van der Waals surface area (Å²) in [5.74, 6) is 6.71. The molecule has 0 amide bonds. The van der Waals surface area contributed by atoms with Crippen molar-refractivity contribution in [2.75, 3.05) is 0 Å². The molecule has 0 saturated heterocycles. The summed E-state index contributed by atoms with van der Waals surface area (Å²) >= 11 is 0. The predicted octanol–water partition coefficient (Wildman–Crippen LogP) is 8.46. The number of hydrogen-bond acceptors (Lipinski definition) is 0. The second-order valence-corrected chi connectivity index (χ2v) is 7.22. The van der Waals surface area contributed by atoms with Crippen LogP contribution in [0.4, 0.5) is 0 Å². The van der Waals surface area contributed by atoms with Crippen molar-refractivity contribution in [3.05, 3.63) is 13.8 Å². The summed E-state index contributed by atoms with van der Waals surface area (Å²) in [6.45, 7) is 7.78. The molecule has 0 aliphatic rings. The summed E-state index contributed by atoms with van der Waals surface area (Å²) in [5, 5.41) is 0. The first-order valence-corrected chi connectivity index (χ1v) is 11.0. The Morgan fingerprint density at radius 1 is 0.333 bits per heavy atom. The zero-order valence-corrected chi connectivity index (χ0v) is 16.6. The fourth-order valence-electron chi connectivity index (χ4n) is 3.08. The van der Waals surface area contributed by atoms with E-state index in [9.17, 15) is 0 Å². The minimum Gasteiger partial charge on any atom is -0.103 e. The molecule has 140 valence electrons. The summed E-state index contributed by atoms with van der Waals surface area (Å²) in [6, 6.07) is 0. The Morgan fingerprint density at radius 2 is 0.583 bits per heavy atom. The highest BCUT2D eigenvalue weighted by Crippen LogP contribution is 2.12. The van der Waals surface area contributed by atoms with E-state index in [0.29, 0.717) is 0 Å². The third-order valence-corrected chi connectivity index (χ3v) is 4.73. The summed E-state index contributed by atoms with van der Waals surface area (Å²) in [5.41, 5.74) is 0. The van der Waals surface area contributed by atoms with Gasteiger partial charge in [-0.25, -0.2) is 0 Å². The highest BCUT2D eigenvalue weighted by Gasteiger charge is 1.93. The van der Waals surface area contributed by atoms with Gasteiger partial charge >= 0.3 is 0 Å². The van der Waals surface area contributed by atoms with Crippen molar-refractivity contribution in [2.45, 2.75) is 128 Å². The SMILES string of the molecule is [CH2]CCCCCCCC#CCCCCCCCCCCCCC[CH2]. The molecule has 0 bridgehead atoms. The van der Waals surface area contributed by atoms with Gasteiger partial charge in [0.25, 0.3) is 0 Å². The number of unbranched alkanes of at least 4 members (excludes halogenated alkanes) is 18. The monoisotopic (exact) mass is 332 g/mol. The first-order chi connectivity index (χ1) is 11.9. The molecule has 0 aromatic heterocycles. The van der Waals surface area contributed by atoms with E-state index in [0.717, 1.165) is 25.7 Å². The van der Waals surface area contributed by atoms with Gasteiger partial charge in [-0.2, -0.15) is 0 Å². The van der Waals surface area contributed by atoms with E-state index in [1.807, 2.05) is 0 Å². The van der Waals surface area contributed by atoms with Crippen molar-refractivity contribution in [3.63, 3.8) is 0 Å². The van der Waals surface area contributed by atoms with Gasteiger partial charge in [-0.15, -0.1) is 11.8 Å². The molecule has 0 aliphatic heterocycles. The fourth-order valence-corrected chi connectivity index (χ4v) is 3.08. The smallest absolute Gasteiger partial charge is 0.00886 e. The summed E-state index contributed by atoms with van der Waals surface area (Å²) in [6.07, 6.45) is 26.5. The van der Waals surface area contributed by atoms with E-state index in [1.165, 1.54) is 103 Å². The Hall–Kier alpha value is -0.440. The highest BCUT2D eigenvalue weighted by atomic mass is 14.0. The number of hydrogen-bond donors (Lipinski definition) is 0. The van der Waals surface area contributed by atoms with Crippen LogP contribution in [0.1, 0.15) is 128 Å². The number of rotatable bonds is 18. The fraction of sp³-hybridized carbons (Fsp3) is 0.833. The summed E-state index contributed by atoms with van der Waals surface area (Å²) < 4.78 is 0. The van der Waals surface area contributed by atoms with Gasteiger partial charge in [0.2, 0.25) is 0 Å². The molecule has 0 heteroatoms. The largest absolute Gasteiger partial charge is 0.103 e. The van der Waals surface area contributed by atoms with Crippen LogP contribution in [0.3, 0.4) is 0 Å². The lowest BCUT2D eigenvalue weighted by molar-refractivity contribution is 0.548. The minimum atomic E-state index is 1.09. The molecule has 24 heavy (non-hydrogen) atoms. The van der Waals surface area contributed by atoms with E-state index in [2.05, 4.69) is 25.7 Å². The van der Waals surface area contributed by atoms with Gasteiger partial charge in [0, 0.05) is 12.8 Å². The van der Waals surface area contributed by atoms with Crippen LogP contribution in [0.15, 0.2) is 0 Å². The van der Waals surface area contributed by atoms with Crippen molar-refractivity contribution in [2.24, 2.45) is 0 Å². The molecule has 0 saturated carbocycles. The van der Waals surface area contributed by atoms with Crippen LogP contribution in [0, 0.1) is 25.7 Å². The predicted molar refractivity (Wildman–Crippen MR) is 111 cm³/mol. The Labute approximate surface area is 154 Å². The summed E-state index contributed by atoms with van der Waals surface area (Å²) in [7, 11) is 0. The van der Waals surface area contributed by atoms with Crippen molar-refractivity contribution < 1.29 is 0 Å². The Bertz CT molecular complexity index is 267. The lowest BCUT2D eigenvalue weighted by Gasteiger charge is -2.01. The van der Waals surface area contributed by atoms with Gasteiger partial charge in [0.05, 0.1) is 0 Å². The first kappa shape index (κ1) is 23.6. The third kappa shape index (κ3) is 21.6. The minimum absolute atomic E-state index is 1.09. The molecule has 0 heterocycles. The van der Waals surface area contributed by atoms with Crippen molar-refractivity contribution in [1.29, 1.82) is 0 Å². The van der Waals surface area contributed by atoms with Crippen LogP contribution in [-0.2, 0) is 0 Å². The van der Waals surface area contributed by atoms with Crippen molar-refractivity contribution in [1.82, 2.24) is 0 Å². The van der Waals surface area contributed by atoms with E-state index in [4.69, 9.17) is 0 Å². The molecule has 0 aromatic carbocycles. The van der Waals surface area contributed by atoms with Gasteiger partial charge in [-0.1, -0.05) is 117 Å². The molecule has 0 aromatic rings. The van der Waals surface area contributed by atoms with Crippen LogP contribution in [0.5, 0.6) is 0 Å². The second kappa shape index (κ2) is 22.6. The molecule has 0 N–H and O–H groups in total. The zero-order valence-electron chi connectivity index (χ0n) is 16.6. The molecule has 0 unspecified atom stereocenters. The maximum Gasteiger partial charge on any atom is 0.00886 e. The Balaban J connectivity index is 3.06. The second-order valence-electron chi connectivity index (χ2n) is 7.22. The standard InChI is InChI=1S/C24H44/c1-3-5-7-9-11-13-15-17-19-21-23-24-22-20-18-16-14-12-10-8-6-4-2/h1-17,19,21-24H2. The molecular weight excluding hydrogens is 288 g/mol. The normalized spacial score (nSPS) is 10.6. The molecule has 0 atom stereocenters. The molecule has 0 aliphatic carbocycles. The molecule has 2 radical (unpaired) electrons. The van der Waals surface area contributed by atoms with Gasteiger partial charge in [-0.3, -0.25) is 0 Å². The van der Waals surface area contributed by atoms with E-state index < -0.39 is 0 Å². The van der Waals surface area contributed by atoms with Gasteiger partial charge in [0.1, 0.15) is 0 Å². The quantitative estimate of drug-likeness (QED) is 0.174. The maximum absolute atomic E-state index is 3.90. The van der Waals surface area contributed by atoms with E-state index in [-0.39, 0.29) is 0 Å². The average Bonchev–Trinajstić information content (AvgIpc) is 2.60. The average molecular weight is 333 g/mol. The zero-order chi connectivity index (χ0) is 17.6. The van der Waals surface area contributed by atoms with Gasteiger partial charge < -0.3 is 0 Å². The molecule has 0 spiro atoms. The van der Waals surface area contributed by atoms with Crippen LogP contribution in [0.25, 0.3) is 0 Å². The van der Waals surface area contributed by atoms with E-state index >= 15 is 0 Å². The van der Waals surface area contributed by atoms with Gasteiger partial charge in [-0.05, 0) is 12.8 Å². The van der Waals surface area contributed by atoms with Crippen LogP contribution in [-0.4, -0.2) is 0 Å². The van der Waals surface area contributed by atoms with Crippen LogP contribution < -0.4 is 0 Å². The van der Waals surface area contributed by atoms with Crippen molar-refractivity contribution >= 4 is 0 Å². The van der Waals surface area contributed by atoms with Gasteiger partial charge in [0.15, 0.2) is 0 Å². The Morgan fingerprint density at radius 3 is 0.875 bits per heavy atom. The highest BCUT2D eigenvalue weighted by molar-refractivity contribution is 4.98. The lowest BCUT2D eigenvalue weighted by Crippen LogP contribution is -1.82. The molecule has 0 rings (SSSR count). The van der Waals surface area contributed by atoms with E-state index in [1.54, 1.807) is 0 Å². The van der Waals surface area contributed by atoms with Crippen LogP contribution in [0.2, 0.25) is 0 Å². The molecule has 0 fully saturated rings.